The van der Waals surface area contributed by atoms with Gasteiger partial charge in [-0.15, -0.1) is 10.2 Å². The van der Waals surface area contributed by atoms with Crippen LogP contribution >= 0.6 is 23.1 Å². The van der Waals surface area contributed by atoms with Gasteiger partial charge >= 0.3 is 0 Å². The zero-order chi connectivity index (χ0) is 18.7. The SMILES string of the molecule is Cc1ccc(Nc2nnc(SCC(=O)N3CC(C)CC(C)C3)s2)cc1C. The summed E-state index contributed by atoms with van der Waals surface area (Å²) in [6.45, 7) is 10.4. The van der Waals surface area contributed by atoms with E-state index in [-0.39, 0.29) is 5.91 Å². The Morgan fingerprint density at radius 2 is 1.96 bits per heavy atom. The number of likely N-dealkylation sites (tertiary alicyclic amines) is 1. The molecule has 5 nitrogen and oxygen atoms in total. The minimum absolute atomic E-state index is 0.201. The van der Waals surface area contributed by atoms with Crippen molar-refractivity contribution in [2.75, 3.05) is 24.2 Å². The Labute approximate surface area is 163 Å². The van der Waals surface area contributed by atoms with Crippen molar-refractivity contribution in [3.8, 4) is 0 Å². The summed E-state index contributed by atoms with van der Waals surface area (Å²) < 4.78 is 0.822. The molecule has 0 bridgehead atoms. The highest BCUT2D eigenvalue weighted by Crippen LogP contribution is 2.29. The normalized spacial score (nSPS) is 20.2. The molecule has 1 fully saturated rings. The van der Waals surface area contributed by atoms with Crippen LogP contribution in [0.25, 0.3) is 0 Å². The Hall–Kier alpha value is -1.60. The van der Waals surface area contributed by atoms with Crippen LogP contribution in [0.15, 0.2) is 22.5 Å². The van der Waals surface area contributed by atoms with Gasteiger partial charge < -0.3 is 10.2 Å². The number of anilines is 2. The van der Waals surface area contributed by atoms with Gasteiger partial charge in [0.2, 0.25) is 11.0 Å². The molecule has 2 heterocycles. The van der Waals surface area contributed by atoms with Gasteiger partial charge in [0, 0.05) is 18.8 Å². The van der Waals surface area contributed by atoms with Crippen molar-refractivity contribution < 1.29 is 4.79 Å². The third-order valence-electron chi connectivity index (χ3n) is 4.71. The van der Waals surface area contributed by atoms with Crippen LogP contribution in [-0.2, 0) is 4.79 Å². The van der Waals surface area contributed by atoms with Crippen LogP contribution in [0.5, 0.6) is 0 Å². The standard InChI is InChI=1S/C19H26N4OS2/c1-12-7-13(2)10-23(9-12)17(24)11-25-19-22-21-18(26-19)20-16-6-5-14(3)15(4)8-16/h5-6,8,12-13H,7,9-11H2,1-4H3,(H,20,21). The number of thioether (sulfide) groups is 1. The van der Waals surface area contributed by atoms with Gasteiger partial charge in [-0.1, -0.05) is 43.0 Å². The second-order valence-electron chi connectivity index (χ2n) is 7.33. The Morgan fingerprint density at radius 3 is 2.65 bits per heavy atom. The maximum Gasteiger partial charge on any atom is 0.233 e. The third-order valence-corrected chi connectivity index (χ3v) is 6.66. The fourth-order valence-corrected chi connectivity index (χ4v) is 5.02. The van der Waals surface area contributed by atoms with Crippen molar-refractivity contribution in [1.82, 2.24) is 15.1 Å². The summed E-state index contributed by atoms with van der Waals surface area (Å²) in [4.78, 5) is 14.5. The van der Waals surface area contributed by atoms with Gasteiger partial charge in [0.1, 0.15) is 0 Å². The largest absolute Gasteiger partial charge is 0.341 e. The first-order valence-corrected chi connectivity index (χ1v) is 10.8. The van der Waals surface area contributed by atoms with E-state index in [2.05, 4.69) is 55.3 Å². The smallest absolute Gasteiger partial charge is 0.233 e. The summed E-state index contributed by atoms with van der Waals surface area (Å²) >= 11 is 2.96. The summed E-state index contributed by atoms with van der Waals surface area (Å²) in [6, 6.07) is 6.23. The number of aromatic nitrogens is 2. The van der Waals surface area contributed by atoms with Crippen LogP contribution in [0.3, 0.4) is 0 Å². The van der Waals surface area contributed by atoms with E-state index in [1.54, 1.807) is 0 Å². The number of nitrogens with one attached hydrogen (secondary N) is 1. The highest BCUT2D eigenvalue weighted by Gasteiger charge is 2.25. The summed E-state index contributed by atoms with van der Waals surface area (Å²) in [7, 11) is 0. The number of hydrogen-bond acceptors (Lipinski definition) is 6. The lowest BCUT2D eigenvalue weighted by Crippen LogP contribution is -2.43. The van der Waals surface area contributed by atoms with E-state index in [4.69, 9.17) is 0 Å². The molecule has 7 heteroatoms. The van der Waals surface area contributed by atoms with Crippen LogP contribution in [0.4, 0.5) is 10.8 Å². The molecule has 1 aliphatic heterocycles. The maximum absolute atomic E-state index is 12.5. The monoisotopic (exact) mass is 390 g/mol. The first kappa shape index (κ1) is 19.2. The average molecular weight is 391 g/mol. The minimum Gasteiger partial charge on any atom is -0.341 e. The Morgan fingerprint density at radius 1 is 1.23 bits per heavy atom. The number of nitrogens with zero attached hydrogens (tertiary/aromatic N) is 3. The van der Waals surface area contributed by atoms with Crippen LogP contribution < -0.4 is 5.32 Å². The zero-order valence-electron chi connectivity index (χ0n) is 15.8. The molecule has 0 saturated carbocycles. The number of hydrogen-bond donors (Lipinski definition) is 1. The number of rotatable bonds is 5. The number of aryl methyl sites for hydroxylation is 2. The number of piperidine rings is 1. The predicted molar refractivity (Wildman–Crippen MR) is 109 cm³/mol. The van der Waals surface area contributed by atoms with E-state index in [1.165, 1.54) is 40.6 Å². The van der Waals surface area contributed by atoms with Crippen LogP contribution in [-0.4, -0.2) is 39.8 Å². The van der Waals surface area contributed by atoms with Crippen molar-refractivity contribution >= 4 is 39.8 Å². The van der Waals surface area contributed by atoms with E-state index < -0.39 is 0 Å². The molecule has 140 valence electrons. The van der Waals surface area contributed by atoms with E-state index in [0.717, 1.165) is 28.2 Å². The summed E-state index contributed by atoms with van der Waals surface area (Å²) in [5, 5.41) is 12.4. The minimum atomic E-state index is 0.201. The van der Waals surface area contributed by atoms with Gasteiger partial charge in [-0.2, -0.15) is 0 Å². The molecule has 26 heavy (non-hydrogen) atoms. The molecule has 1 N–H and O–H groups in total. The topological polar surface area (TPSA) is 58.1 Å². The Balaban J connectivity index is 1.53. The lowest BCUT2D eigenvalue weighted by Gasteiger charge is -2.34. The van der Waals surface area contributed by atoms with E-state index in [0.29, 0.717) is 17.6 Å². The second kappa shape index (κ2) is 8.39. The van der Waals surface area contributed by atoms with Gasteiger partial charge in [0.25, 0.3) is 0 Å². The summed E-state index contributed by atoms with van der Waals surface area (Å²) in [5.74, 6) is 1.80. The van der Waals surface area contributed by atoms with Crippen molar-refractivity contribution in [2.45, 2.75) is 38.5 Å². The first-order chi connectivity index (χ1) is 12.4. The maximum atomic E-state index is 12.5. The quantitative estimate of drug-likeness (QED) is 0.762. The molecule has 1 saturated heterocycles. The molecule has 0 aliphatic carbocycles. The molecule has 1 amide bonds. The third kappa shape index (κ3) is 4.98. The molecule has 1 aromatic carbocycles. The number of carbonyl (C=O) groups excluding carboxylic acids is 1. The van der Waals surface area contributed by atoms with Crippen molar-refractivity contribution in [3.05, 3.63) is 29.3 Å². The molecular formula is C19H26N4OS2. The van der Waals surface area contributed by atoms with E-state index >= 15 is 0 Å². The lowest BCUT2D eigenvalue weighted by molar-refractivity contribution is -0.130. The highest BCUT2D eigenvalue weighted by atomic mass is 32.2. The molecule has 0 radical (unpaired) electrons. The van der Waals surface area contributed by atoms with Gasteiger partial charge in [-0.25, -0.2) is 0 Å². The van der Waals surface area contributed by atoms with Crippen molar-refractivity contribution in [3.63, 3.8) is 0 Å². The van der Waals surface area contributed by atoms with E-state index in [1.807, 2.05) is 11.0 Å². The molecule has 3 rings (SSSR count). The van der Waals surface area contributed by atoms with Gasteiger partial charge in [-0.3, -0.25) is 4.79 Å². The van der Waals surface area contributed by atoms with Gasteiger partial charge in [0.05, 0.1) is 5.75 Å². The molecule has 0 spiro atoms. The van der Waals surface area contributed by atoms with Crippen molar-refractivity contribution in [2.24, 2.45) is 11.8 Å². The molecule has 2 unspecified atom stereocenters. The van der Waals surface area contributed by atoms with Crippen LogP contribution in [0.1, 0.15) is 31.4 Å². The molecular weight excluding hydrogens is 364 g/mol. The average Bonchev–Trinajstić information content (AvgIpc) is 3.02. The fourth-order valence-electron chi connectivity index (χ4n) is 3.34. The zero-order valence-corrected chi connectivity index (χ0v) is 17.4. The number of amides is 1. The number of carbonyl (C=O) groups is 1. The van der Waals surface area contributed by atoms with Gasteiger partial charge in [0.15, 0.2) is 4.34 Å². The highest BCUT2D eigenvalue weighted by molar-refractivity contribution is 8.01. The summed E-state index contributed by atoms with van der Waals surface area (Å²) in [5.41, 5.74) is 3.52. The summed E-state index contributed by atoms with van der Waals surface area (Å²) in [6.07, 6.45) is 1.21. The Kier molecular flexibility index (Phi) is 6.19. The Bertz CT molecular complexity index is 767. The lowest BCUT2D eigenvalue weighted by atomic mass is 9.92. The second-order valence-corrected chi connectivity index (χ2v) is 9.53. The molecule has 1 aliphatic rings. The predicted octanol–water partition coefficient (Wildman–Crippen LogP) is 4.50. The van der Waals surface area contributed by atoms with Crippen molar-refractivity contribution in [1.29, 1.82) is 0 Å². The number of benzene rings is 1. The van der Waals surface area contributed by atoms with Gasteiger partial charge in [-0.05, 0) is 55.4 Å². The molecule has 1 aromatic heterocycles. The molecule has 2 atom stereocenters. The van der Waals surface area contributed by atoms with Crippen LogP contribution in [0, 0.1) is 25.7 Å². The van der Waals surface area contributed by atoms with E-state index in [9.17, 15) is 4.79 Å². The first-order valence-electron chi connectivity index (χ1n) is 8.99. The molecule has 2 aromatic rings. The fraction of sp³-hybridized carbons (Fsp3) is 0.526. The van der Waals surface area contributed by atoms with Crippen LogP contribution in [0.2, 0.25) is 0 Å².